The monoisotopic (exact) mass is 476 g/mol. The zero-order valence-electron chi connectivity index (χ0n) is 22.1. The Morgan fingerprint density at radius 3 is 2.03 bits per heavy atom. The topological polar surface area (TPSA) is 55.8 Å². The van der Waals surface area contributed by atoms with Crippen LogP contribution in [0.3, 0.4) is 0 Å². The highest BCUT2D eigenvalue weighted by atomic mass is 16.5. The molecule has 1 N–H and O–H groups in total. The van der Waals surface area contributed by atoms with E-state index >= 15 is 0 Å². The van der Waals surface area contributed by atoms with Gasteiger partial charge in [-0.05, 0) is 31.2 Å². The lowest BCUT2D eigenvalue weighted by Crippen LogP contribution is -2.23. The number of hydrogen-bond donors (Lipinski definition) is 1. The molecule has 2 unspecified atom stereocenters. The van der Waals surface area contributed by atoms with Crippen molar-refractivity contribution in [2.75, 3.05) is 19.8 Å². The third-order valence-electron chi connectivity index (χ3n) is 6.63. The zero-order chi connectivity index (χ0) is 24.7. The lowest BCUT2D eigenvalue weighted by atomic mass is 9.94. The first-order valence-electron chi connectivity index (χ1n) is 14.1. The summed E-state index contributed by atoms with van der Waals surface area (Å²) in [7, 11) is 0. The van der Waals surface area contributed by atoms with Gasteiger partial charge in [0.1, 0.15) is 0 Å². The summed E-state index contributed by atoms with van der Waals surface area (Å²) >= 11 is 0. The smallest absolute Gasteiger partial charge is 0.308 e. The van der Waals surface area contributed by atoms with E-state index in [2.05, 4.69) is 26.0 Å². The fourth-order valence-corrected chi connectivity index (χ4v) is 4.32. The first-order chi connectivity index (χ1) is 16.7. The minimum absolute atomic E-state index is 0.0212. The van der Waals surface area contributed by atoms with Gasteiger partial charge in [0.25, 0.3) is 0 Å². The highest BCUT2D eigenvalue weighted by Gasteiger charge is 2.21. The van der Waals surface area contributed by atoms with Crippen LogP contribution in [0.5, 0.6) is 0 Å². The molecule has 2 atom stereocenters. The molecule has 0 aliphatic heterocycles. The number of carbonyl (C=O) groups excluding carboxylic acids is 1. The van der Waals surface area contributed by atoms with E-state index in [0.29, 0.717) is 19.8 Å². The molecular formula is C30H52O4. The summed E-state index contributed by atoms with van der Waals surface area (Å²) < 4.78 is 11.5. The number of aliphatic hydroxyl groups is 1. The van der Waals surface area contributed by atoms with Gasteiger partial charge < -0.3 is 14.6 Å². The second-order valence-electron chi connectivity index (χ2n) is 9.82. The summed E-state index contributed by atoms with van der Waals surface area (Å²) in [5, 5.41) is 9.75. The number of carbonyl (C=O) groups is 1. The summed E-state index contributed by atoms with van der Waals surface area (Å²) in [5.41, 5.74) is 1.19. The van der Waals surface area contributed by atoms with Crippen LogP contribution in [0.25, 0.3) is 0 Å². The number of hydrogen-bond acceptors (Lipinski definition) is 4. The summed E-state index contributed by atoms with van der Waals surface area (Å²) in [5.74, 6) is -0.00341. The van der Waals surface area contributed by atoms with Crippen molar-refractivity contribution >= 4 is 5.97 Å². The van der Waals surface area contributed by atoms with Crippen molar-refractivity contribution in [1.29, 1.82) is 0 Å². The maximum atomic E-state index is 12.8. The second-order valence-corrected chi connectivity index (χ2v) is 9.82. The van der Waals surface area contributed by atoms with Gasteiger partial charge in [0.05, 0.1) is 19.1 Å². The first-order valence-corrected chi connectivity index (χ1v) is 14.1. The molecule has 34 heavy (non-hydrogen) atoms. The molecule has 0 saturated heterocycles. The van der Waals surface area contributed by atoms with Gasteiger partial charge in [-0.15, -0.1) is 0 Å². The summed E-state index contributed by atoms with van der Waals surface area (Å²) in [4.78, 5) is 12.8. The molecule has 0 amide bonds. The molecule has 1 aromatic rings. The first kappa shape index (κ1) is 30.6. The molecule has 0 aliphatic rings. The Morgan fingerprint density at radius 2 is 1.38 bits per heavy atom. The third-order valence-corrected chi connectivity index (χ3v) is 6.63. The Bertz CT molecular complexity index is 574. The Hall–Kier alpha value is -1.39. The van der Waals surface area contributed by atoms with E-state index in [4.69, 9.17) is 9.47 Å². The van der Waals surface area contributed by atoms with E-state index in [9.17, 15) is 9.90 Å². The molecule has 196 valence electrons. The maximum Gasteiger partial charge on any atom is 0.308 e. The van der Waals surface area contributed by atoms with Crippen LogP contribution in [0.15, 0.2) is 30.3 Å². The summed E-state index contributed by atoms with van der Waals surface area (Å²) in [6.07, 6.45) is 16.9. The van der Waals surface area contributed by atoms with E-state index in [1.165, 1.54) is 56.9 Å². The molecule has 4 heteroatoms. The Morgan fingerprint density at radius 1 is 0.794 bits per heavy atom. The second kappa shape index (κ2) is 22.1. The van der Waals surface area contributed by atoms with Crippen molar-refractivity contribution in [3.05, 3.63) is 35.9 Å². The number of ether oxygens (including phenoxy) is 2. The number of esters is 1. The van der Waals surface area contributed by atoms with Crippen LogP contribution in [0, 0.1) is 11.8 Å². The van der Waals surface area contributed by atoms with Gasteiger partial charge in [-0.2, -0.15) is 0 Å². The quantitative estimate of drug-likeness (QED) is 0.129. The van der Waals surface area contributed by atoms with Crippen LogP contribution < -0.4 is 0 Å². The number of aliphatic hydroxyl groups excluding tert-OH is 1. The van der Waals surface area contributed by atoms with Crippen molar-refractivity contribution in [3.63, 3.8) is 0 Å². The minimum atomic E-state index is -0.0466. The molecule has 1 aromatic carbocycles. The number of rotatable bonds is 23. The molecule has 0 saturated carbocycles. The summed E-state index contributed by atoms with van der Waals surface area (Å²) in [6, 6.07) is 10.2. The summed E-state index contributed by atoms with van der Waals surface area (Å²) in [6.45, 7) is 6.21. The van der Waals surface area contributed by atoms with Crippen LogP contribution in [0.4, 0.5) is 0 Å². The van der Waals surface area contributed by atoms with Crippen molar-refractivity contribution in [3.8, 4) is 0 Å². The molecular weight excluding hydrogens is 424 g/mol. The van der Waals surface area contributed by atoms with Gasteiger partial charge in [0.2, 0.25) is 0 Å². The van der Waals surface area contributed by atoms with Gasteiger partial charge in [-0.1, -0.05) is 115 Å². The highest BCUT2D eigenvalue weighted by Crippen LogP contribution is 2.21. The van der Waals surface area contributed by atoms with Gasteiger partial charge in [-0.3, -0.25) is 4.79 Å². The van der Waals surface area contributed by atoms with E-state index in [-0.39, 0.29) is 24.4 Å². The minimum Gasteiger partial charge on any atom is -0.465 e. The fraction of sp³-hybridized carbons (Fsp3) is 0.767. The van der Waals surface area contributed by atoms with Gasteiger partial charge in [0, 0.05) is 19.1 Å². The molecule has 0 spiro atoms. The molecule has 4 nitrogen and oxygen atoms in total. The largest absolute Gasteiger partial charge is 0.465 e. The van der Waals surface area contributed by atoms with Gasteiger partial charge in [-0.25, -0.2) is 0 Å². The lowest BCUT2D eigenvalue weighted by molar-refractivity contribution is -0.151. The number of benzene rings is 1. The normalized spacial score (nSPS) is 13.0. The van der Waals surface area contributed by atoms with Crippen molar-refractivity contribution in [1.82, 2.24) is 0 Å². The highest BCUT2D eigenvalue weighted by molar-refractivity contribution is 5.72. The predicted octanol–water partition coefficient (Wildman–Crippen LogP) is 7.86. The maximum absolute atomic E-state index is 12.8. The van der Waals surface area contributed by atoms with Gasteiger partial charge >= 0.3 is 5.97 Å². The van der Waals surface area contributed by atoms with Crippen LogP contribution in [-0.4, -0.2) is 30.9 Å². The van der Waals surface area contributed by atoms with Gasteiger partial charge in [0.15, 0.2) is 0 Å². The van der Waals surface area contributed by atoms with Crippen LogP contribution in [0.1, 0.15) is 116 Å². The lowest BCUT2D eigenvalue weighted by Gasteiger charge is -2.19. The van der Waals surface area contributed by atoms with Crippen molar-refractivity contribution in [2.24, 2.45) is 11.8 Å². The molecule has 0 radical (unpaired) electrons. The van der Waals surface area contributed by atoms with Crippen molar-refractivity contribution in [2.45, 2.75) is 117 Å². The van der Waals surface area contributed by atoms with E-state index in [1.807, 2.05) is 18.2 Å². The number of unbranched alkanes of at least 4 members (excludes halogenated alkanes) is 9. The van der Waals surface area contributed by atoms with E-state index < -0.39 is 0 Å². The molecule has 0 aromatic heterocycles. The standard InChI is InChI=1S/C30H52O4/c1-3-5-7-9-10-15-22-29(21-14-8-6-4-2)30(32)34-26-28(24-31)20-16-17-23-33-25-27-18-12-11-13-19-27/h11-13,18-19,28-29,31H,3-10,14-17,20-26H2,1-2H3. The molecule has 0 heterocycles. The van der Waals surface area contributed by atoms with Crippen LogP contribution in [0.2, 0.25) is 0 Å². The SMILES string of the molecule is CCCCCCCCC(CCCCCC)C(=O)OCC(CO)CCCCOCc1ccccc1. The predicted molar refractivity (Wildman–Crippen MR) is 142 cm³/mol. The van der Waals surface area contributed by atoms with Crippen LogP contribution in [-0.2, 0) is 20.9 Å². The molecule has 0 aliphatic carbocycles. The van der Waals surface area contributed by atoms with Crippen molar-refractivity contribution < 1.29 is 19.4 Å². The molecule has 0 bridgehead atoms. The Labute approximate surface area is 209 Å². The third kappa shape index (κ3) is 16.3. The fourth-order valence-electron chi connectivity index (χ4n) is 4.32. The Balaban J connectivity index is 2.26. The van der Waals surface area contributed by atoms with E-state index in [0.717, 1.165) is 44.9 Å². The molecule has 1 rings (SSSR count). The average Bonchev–Trinajstić information content (AvgIpc) is 2.86. The molecule has 0 fully saturated rings. The average molecular weight is 477 g/mol. The Kier molecular flexibility index (Phi) is 19.9. The van der Waals surface area contributed by atoms with Crippen LogP contribution >= 0.6 is 0 Å². The van der Waals surface area contributed by atoms with E-state index in [1.54, 1.807) is 0 Å². The zero-order valence-corrected chi connectivity index (χ0v) is 22.1.